The molecule has 1 heterocycles. The van der Waals surface area contributed by atoms with Crippen LogP contribution in [0.5, 0.6) is 0 Å². The minimum Gasteiger partial charge on any atom is -0.391 e. The lowest BCUT2D eigenvalue weighted by atomic mass is 9.86. The van der Waals surface area contributed by atoms with Crippen LogP contribution in [0, 0.1) is 11.8 Å². The Bertz CT molecular complexity index is 233. The zero-order chi connectivity index (χ0) is 12.3. The van der Waals surface area contributed by atoms with Crippen molar-refractivity contribution in [2.75, 3.05) is 13.1 Å². The second kappa shape index (κ2) is 5.64. The number of likely N-dealkylation sites (tertiary alicyclic amines) is 1. The standard InChI is InChI=1S/C12H24N2O2/c1-8(2)10-4-6-14(7-5-10)12(16)11(13)9(3)15/h8-11,15H,4-7,13H2,1-3H3/t9-,11+/m1/s1. The van der Waals surface area contributed by atoms with Gasteiger partial charge in [0.25, 0.3) is 0 Å². The molecule has 16 heavy (non-hydrogen) atoms. The van der Waals surface area contributed by atoms with Crippen molar-refractivity contribution in [3.8, 4) is 0 Å². The fourth-order valence-electron chi connectivity index (χ4n) is 2.20. The van der Waals surface area contributed by atoms with Crippen LogP contribution in [0.4, 0.5) is 0 Å². The van der Waals surface area contributed by atoms with Gasteiger partial charge in [-0.2, -0.15) is 0 Å². The lowest BCUT2D eigenvalue weighted by Gasteiger charge is -2.35. The van der Waals surface area contributed by atoms with Crippen molar-refractivity contribution >= 4 is 5.91 Å². The maximum Gasteiger partial charge on any atom is 0.242 e. The van der Waals surface area contributed by atoms with E-state index in [9.17, 15) is 9.90 Å². The Morgan fingerprint density at radius 2 is 1.81 bits per heavy atom. The lowest BCUT2D eigenvalue weighted by molar-refractivity contribution is -0.136. The molecule has 0 aromatic heterocycles. The molecule has 1 aliphatic heterocycles. The molecule has 0 aromatic carbocycles. The molecule has 2 atom stereocenters. The summed E-state index contributed by atoms with van der Waals surface area (Å²) < 4.78 is 0. The van der Waals surface area contributed by atoms with Crippen LogP contribution in [0.25, 0.3) is 0 Å². The molecular weight excluding hydrogens is 204 g/mol. The number of nitrogens with two attached hydrogens (primary N) is 1. The molecule has 1 rings (SSSR count). The fourth-order valence-corrected chi connectivity index (χ4v) is 2.20. The normalized spacial score (nSPS) is 22.2. The van der Waals surface area contributed by atoms with E-state index >= 15 is 0 Å². The van der Waals surface area contributed by atoms with Crippen LogP contribution in [0.1, 0.15) is 33.6 Å². The fraction of sp³-hybridized carbons (Fsp3) is 0.917. The smallest absolute Gasteiger partial charge is 0.242 e. The van der Waals surface area contributed by atoms with E-state index in [4.69, 9.17) is 5.73 Å². The summed E-state index contributed by atoms with van der Waals surface area (Å²) in [6.07, 6.45) is 1.33. The van der Waals surface area contributed by atoms with Crippen LogP contribution in [0.15, 0.2) is 0 Å². The molecule has 1 amide bonds. The Labute approximate surface area is 97.8 Å². The van der Waals surface area contributed by atoms with Crippen LogP contribution in [0.2, 0.25) is 0 Å². The molecular formula is C12H24N2O2. The van der Waals surface area contributed by atoms with Crippen molar-refractivity contribution in [1.29, 1.82) is 0 Å². The number of carbonyl (C=O) groups is 1. The van der Waals surface area contributed by atoms with E-state index < -0.39 is 12.1 Å². The summed E-state index contributed by atoms with van der Waals surface area (Å²) in [5.74, 6) is 1.28. The van der Waals surface area contributed by atoms with Gasteiger partial charge in [-0.3, -0.25) is 4.79 Å². The number of nitrogens with zero attached hydrogens (tertiary/aromatic N) is 1. The topological polar surface area (TPSA) is 66.6 Å². The molecule has 1 saturated heterocycles. The van der Waals surface area contributed by atoms with E-state index in [2.05, 4.69) is 13.8 Å². The van der Waals surface area contributed by atoms with Crippen LogP contribution >= 0.6 is 0 Å². The molecule has 4 heteroatoms. The summed E-state index contributed by atoms with van der Waals surface area (Å²) in [5, 5.41) is 9.29. The van der Waals surface area contributed by atoms with E-state index in [1.807, 2.05) is 0 Å². The van der Waals surface area contributed by atoms with Gasteiger partial charge in [-0.15, -0.1) is 0 Å². The molecule has 3 N–H and O–H groups in total. The van der Waals surface area contributed by atoms with Crippen molar-refractivity contribution in [2.24, 2.45) is 17.6 Å². The molecule has 0 bridgehead atoms. The number of hydrogen-bond donors (Lipinski definition) is 2. The predicted octanol–water partition coefficient (Wildman–Crippen LogP) is 0.589. The van der Waals surface area contributed by atoms with E-state index in [1.54, 1.807) is 11.8 Å². The summed E-state index contributed by atoms with van der Waals surface area (Å²) in [6.45, 7) is 7.57. The van der Waals surface area contributed by atoms with E-state index in [0.29, 0.717) is 11.8 Å². The molecule has 0 spiro atoms. The van der Waals surface area contributed by atoms with Gasteiger partial charge in [-0.25, -0.2) is 0 Å². The van der Waals surface area contributed by atoms with Gasteiger partial charge < -0.3 is 15.7 Å². The molecule has 1 aliphatic rings. The zero-order valence-electron chi connectivity index (χ0n) is 10.5. The maximum absolute atomic E-state index is 11.9. The third-order valence-corrected chi connectivity index (χ3v) is 3.60. The first-order valence-corrected chi connectivity index (χ1v) is 6.16. The summed E-state index contributed by atoms with van der Waals surface area (Å²) in [7, 11) is 0. The van der Waals surface area contributed by atoms with Gasteiger partial charge in [-0.05, 0) is 31.6 Å². The molecule has 0 saturated carbocycles. The quantitative estimate of drug-likeness (QED) is 0.743. The Kier molecular flexibility index (Phi) is 4.74. The van der Waals surface area contributed by atoms with Crippen LogP contribution in [0.3, 0.4) is 0 Å². The second-order valence-electron chi connectivity index (χ2n) is 5.17. The van der Waals surface area contributed by atoms with Crippen molar-refractivity contribution in [1.82, 2.24) is 4.90 Å². The third-order valence-electron chi connectivity index (χ3n) is 3.60. The SMILES string of the molecule is CC(C)C1CCN(C(=O)[C@@H](N)[C@@H](C)O)CC1. The number of rotatable bonds is 3. The minimum absolute atomic E-state index is 0.114. The maximum atomic E-state index is 11.9. The highest BCUT2D eigenvalue weighted by Crippen LogP contribution is 2.24. The number of carbonyl (C=O) groups excluding carboxylic acids is 1. The first-order valence-electron chi connectivity index (χ1n) is 6.16. The third kappa shape index (κ3) is 3.19. The summed E-state index contributed by atoms with van der Waals surface area (Å²) in [6, 6.07) is -0.768. The Morgan fingerprint density at radius 1 is 1.31 bits per heavy atom. The van der Waals surface area contributed by atoms with Crippen molar-refractivity contribution < 1.29 is 9.90 Å². The van der Waals surface area contributed by atoms with Gasteiger partial charge in [-0.1, -0.05) is 13.8 Å². The van der Waals surface area contributed by atoms with Gasteiger partial charge in [0.05, 0.1) is 6.10 Å². The zero-order valence-corrected chi connectivity index (χ0v) is 10.5. The molecule has 4 nitrogen and oxygen atoms in total. The van der Waals surface area contributed by atoms with Gasteiger partial charge in [0.15, 0.2) is 0 Å². The molecule has 0 aliphatic carbocycles. The predicted molar refractivity (Wildman–Crippen MR) is 63.8 cm³/mol. The molecule has 1 fully saturated rings. The number of piperidine rings is 1. The largest absolute Gasteiger partial charge is 0.391 e. The van der Waals surface area contributed by atoms with Crippen LogP contribution in [-0.2, 0) is 4.79 Å². The Balaban J connectivity index is 2.45. The van der Waals surface area contributed by atoms with E-state index in [0.717, 1.165) is 25.9 Å². The minimum atomic E-state index is -0.768. The summed E-state index contributed by atoms with van der Waals surface area (Å²) >= 11 is 0. The van der Waals surface area contributed by atoms with Gasteiger partial charge in [0.2, 0.25) is 5.91 Å². The van der Waals surface area contributed by atoms with Crippen molar-refractivity contribution in [3.05, 3.63) is 0 Å². The summed E-state index contributed by atoms with van der Waals surface area (Å²) in [4.78, 5) is 13.6. The highest BCUT2D eigenvalue weighted by atomic mass is 16.3. The van der Waals surface area contributed by atoms with Crippen molar-refractivity contribution in [3.63, 3.8) is 0 Å². The lowest BCUT2D eigenvalue weighted by Crippen LogP contribution is -2.51. The Morgan fingerprint density at radius 3 is 2.19 bits per heavy atom. The first-order chi connectivity index (χ1) is 7.43. The summed E-state index contributed by atoms with van der Waals surface area (Å²) in [5.41, 5.74) is 5.64. The van der Waals surface area contributed by atoms with Crippen LogP contribution in [-0.4, -0.2) is 41.1 Å². The highest BCUT2D eigenvalue weighted by Gasteiger charge is 2.29. The van der Waals surface area contributed by atoms with Crippen LogP contribution < -0.4 is 5.73 Å². The first kappa shape index (κ1) is 13.5. The Hall–Kier alpha value is -0.610. The monoisotopic (exact) mass is 228 g/mol. The number of aliphatic hydroxyl groups excluding tert-OH is 1. The van der Waals surface area contributed by atoms with E-state index in [-0.39, 0.29) is 5.91 Å². The number of amides is 1. The van der Waals surface area contributed by atoms with Crippen molar-refractivity contribution in [2.45, 2.75) is 45.8 Å². The average molecular weight is 228 g/mol. The highest BCUT2D eigenvalue weighted by molar-refractivity contribution is 5.82. The van der Waals surface area contributed by atoms with Gasteiger partial charge in [0.1, 0.15) is 6.04 Å². The molecule has 0 radical (unpaired) electrons. The number of aliphatic hydroxyl groups is 1. The average Bonchev–Trinajstić information content (AvgIpc) is 2.27. The molecule has 0 aromatic rings. The number of hydrogen-bond acceptors (Lipinski definition) is 3. The molecule has 94 valence electrons. The van der Waals surface area contributed by atoms with Gasteiger partial charge in [0, 0.05) is 13.1 Å². The molecule has 0 unspecified atom stereocenters. The van der Waals surface area contributed by atoms with E-state index in [1.165, 1.54) is 0 Å². The second-order valence-corrected chi connectivity index (χ2v) is 5.17. The van der Waals surface area contributed by atoms with Gasteiger partial charge >= 0.3 is 0 Å².